The van der Waals surface area contributed by atoms with Gasteiger partial charge in [0.05, 0.1) is 13.0 Å². The Morgan fingerprint density at radius 3 is 2.94 bits per heavy atom. The molecule has 0 aliphatic carbocycles. The largest absolute Gasteiger partial charge is 0.494 e. The molecule has 1 atom stereocenters. The van der Waals surface area contributed by atoms with Crippen LogP contribution < -0.4 is 0 Å². The van der Waals surface area contributed by atoms with E-state index in [1.807, 2.05) is 0 Å². The maximum atomic E-state index is 12.1. The zero-order valence-electron chi connectivity index (χ0n) is 10.4. The van der Waals surface area contributed by atoms with Crippen LogP contribution in [0.5, 0.6) is 0 Å². The highest BCUT2D eigenvalue weighted by Crippen LogP contribution is 2.20. The summed E-state index contributed by atoms with van der Waals surface area (Å²) in [5.41, 5.74) is 0. The Morgan fingerprint density at radius 1 is 1.44 bits per heavy atom. The summed E-state index contributed by atoms with van der Waals surface area (Å²) >= 11 is 0. The van der Waals surface area contributed by atoms with Crippen molar-refractivity contribution in [3.63, 3.8) is 0 Å². The van der Waals surface area contributed by atoms with Gasteiger partial charge in [0.2, 0.25) is 5.76 Å². The minimum Gasteiger partial charge on any atom is -0.494 e. The van der Waals surface area contributed by atoms with E-state index >= 15 is 0 Å². The van der Waals surface area contributed by atoms with Crippen molar-refractivity contribution < 1.29 is 23.8 Å². The fourth-order valence-corrected chi connectivity index (χ4v) is 2.16. The molecule has 0 aromatic heterocycles. The molecule has 6 nitrogen and oxygen atoms in total. The molecule has 100 valence electrons. The van der Waals surface area contributed by atoms with Crippen molar-refractivity contribution in [2.75, 3.05) is 33.4 Å². The Morgan fingerprint density at radius 2 is 2.28 bits per heavy atom. The van der Waals surface area contributed by atoms with Crippen molar-refractivity contribution in [3.8, 4) is 0 Å². The van der Waals surface area contributed by atoms with E-state index in [1.165, 1.54) is 13.4 Å². The second-order valence-corrected chi connectivity index (χ2v) is 4.31. The second kappa shape index (κ2) is 5.75. The zero-order chi connectivity index (χ0) is 13.0. The Labute approximate surface area is 105 Å². The number of rotatable bonds is 2. The van der Waals surface area contributed by atoms with Crippen molar-refractivity contribution in [2.24, 2.45) is 5.92 Å². The van der Waals surface area contributed by atoms with Gasteiger partial charge in [0.1, 0.15) is 19.5 Å². The van der Waals surface area contributed by atoms with Crippen molar-refractivity contribution >= 4 is 11.9 Å². The fraction of sp³-hybridized carbons (Fsp3) is 0.667. The number of esters is 1. The van der Waals surface area contributed by atoms with E-state index in [0.29, 0.717) is 26.3 Å². The topological polar surface area (TPSA) is 65.1 Å². The number of likely N-dealkylation sites (tertiary alicyclic amines) is 1. The quantitative estimate of drug-likeness (QED) is 0.663. The first-order valence-electron chi connectivity index (χ1n) is 6.04. The molecule has 0 radical (unpaired) electrons. The molecule has 6 heteroatoms. The van der Waals surface area contributed by atoms with E-state index in [1.54, 1.807) is 4.90 Å². The summed E-state index contributed by atoms with van der Waals surface area (Å²) in [6.45, 7) is 1.85. The summed E-state index contributed by atoms with van der Waals surface area (Å²) in [5.74, 6) is -0.504. The fourth-order valence-electron chi connectivity index (χ4n) is 2.16. The molecule has 2 heterocycles. The molecule has 0 saturated carbocycles. The van der Waals surface area contributed by atoms with E-state index in [-0.39, 0.29) is 23.6 Å². The first-order chi connectivity index (χ1) is 8.72. The van der Waals surface area contributed by atoms with Gasteiger partial charge in [-0.05, 0) is 12.8 Å². The van der Waals surface area contributed by atoms with Crippen molar-refractivity contribution in [1.82, 2.24) is 4.90 Å². The molecule has 0 N–H and O–H groups in total. The summed E-state index contributed by atoms with van der Waals surface area (Å²) in [7, 11) is 1.36. The number of ether oxygens (including phenoxy) is 3. The van der Waals surface area contributed by atoms with Gasteiger partial charge in [-0.1, -0.05) is 0 Å². The summed E-state index contributed by atoms with van der Waals surface area (Å²) in [6, 6.07) is 0. The number of nitrogens with zero attached hydrogens (tertiary/aromatic N) is 1. The molecule has 0 bridgehead atoms. The van der Waals surface area contributed by atoms with Crippen molar-refractivity contribution in [1.29, 1.82) is 0 Å². The van der Waals surface area contributed by atoms with Gasteiger partial charge in [-0.15, -0.1) is 0 Å². The number of amides is 1. The lowest BCUT2D eigenvalue weighted by Gasteiger charge is -2.32. The van der Waals surface area contributed by atoms with Gasteiger partial charge in [0, 0.05) is 13.1 Å². The highest BCUT2D eigenvalue weighted by Gasteiger charge is 2.31. The Hall–Kier alpha value is -1.72. The molecule has 18 heavy (non-hydrogen) atoms. The molecule has 1 unspecified atom stereocenters. The molecule has 2 aliphatic heterocycles. The van der Waals surface area contributed by atoms with Crippen LogP contribution in [0.3, 0.4) is 0 Å². The average Bonchev–Trinajstić information content (AvgIpc) is 2.46. The smallest absolute Gasteiger partial charge is 0.310 e. The Balaban J connectivity index is 1.97. The molecule has 0 spiro atoms. The van der Waals surface area contributed by atoms with E-state index in [4.69, 9.17) is 14.2 Å². The van der Waals surface area contributed by atoms with E-state index in [0.717, 1.165) is 12.8 Å². The predicted molar refractivity (Wildman–Crippen MR) is 61.3 cm³/mol. The lowest BCUT2D eigenvalue weighted by molar-refractivity contribution is -0.149. The van der Waals surface area contributed by atoms with Gasteiger partial charge in [0.15, 0.2) is 0 Å². The molecule has 0 aromatic rings. The van der Waals surface area contributed by atoms with Crippen LogP contribution in [-0.4, -0.2) is 50.2 Å². The monoisotopic (exact) mass is 255 g/mol. The SMILES string of the molecule is COC(=O)C1CCCN(C(=O)C2=COCCO2)C1. The first-order valence-corrected chi connectivity index (χ1v) is 6.04. The van der Waals surface area contributed by atoms with Crippen LogP contribution in [0.25, 0.3) is 0 Å². The number of hydrogen-bond donors (Lipinski definition) is 0. The van der Waals surface area contributed by atoms with Crippen LogP contribution in [0.1, 0.15) is 12.8 Å². The van der Waals surface area contributed by atoms with Crippen LogP contribution >= 0.6 is 0 Å². The van der Waals surface area contributed by atoms with Crippen LogP contribution in [0, 0.1) is 5.92 Å². The van der Waals surface area contributed by atoms with E-state index < -0.39 is 0 Å². The number of methoxy groups -OCH3 is 1. The third-order valence-corrected chi connectivity index (χ3v) is 3.10. The summed E-state index contributed by atoms with van der Waals surface area (Å²) in [4.78, 5) is 25.2. The van der Waals surface area contributed by atoms with Crippen LogP contribution in [0.15, 0.2) is 12.0 Å². The second-order valence-electron chi connectivity index (χ2n) is 4.31. The Kier molecular flexibility index (Phi) is 4.07. The molecular weight excluding hydrogens is 238 g/mol. The number of piperidine rings is 1. The van der Waals surface area contributed by atoms with Gasteiger partial charge in [-0.2, -0.15) is 0 Å². The summed E-state index contributed by atoms with van der Waals surface area (Å²) in [6.07, 6.45) is 2.89. The lowest BCUT2D eigenvalue weighted by atomic mass is 9.98. The number of hydrogen-bond acceptors (Lipinski definition) is 5. The minimum absolute atomic E-state index is 0.215. The third kappa shape index (κ3) is 2.75. The highest BCUT2D eigenvalue weighted by atomic mass is 16.6. The third-order valence-electron chi connectivity index (χ3n) is 3.10. The van der Waals surface area contributed by atoms with E-state index in [9.17, 15) is 9.59 Å². The van der Waals surface area contributed by atoms with Crippen LogP contribution in [-0.2, 0) is 23.8 Å². The maximum Gasteiger partial charge on any atom is 0.310 e. The van der Waals surface area contributed by atoms with Gasteiger partial charge in [-0.25, -0.2) is 0 Å². The Bertz CT molecular complexity index is 365. The zero-order valence-corrected chi connectivity index (χ0v) is 10.4. The van der Waals surface area contributed by atoms with Gasteiger partial charge in [0.25, 0.3) is 5.91 Å². The van der Waals surface area contributed by atoms with Gasteiger partial charge in [-0.3, -0.25) is 9.59 Å². The maximum absolute atomic E-state index is 12.1. The molecule has 0 aromatic carbocycles. The van der Waals surface area contributed by atoms with Gasteiger partial charge >= 0.3 is 5.97 Å². The molecular formula is C12H17NO5. The number of carbonyl (C=O) groups is 2. The van der Waals surface area contributed by atoms with E-state index in [2.05, 4.69) is 0 Å². The normalized spacial score (nSPS) is 23.5. The lowest BCUT2D eigenvalue weighted by Crippen LogP contribution is -2.43. The summed E-state index contributed by atoms with van der Waals surface area (Å²) < 4.78 is 15.0. The van der Waals surface area contributed by atoms with Crippen LogP contribution in [0.2, 0.25) is 0 Å². The van der Waals surface area contributed by atoms with Crippen LogP contribution in [0.4, 0.5) is 0 Å². The molecule has 1 fully saturated rings. The molecule has 1 saturated heterocycles. The van der Waals surface area contributed by atoms with Crippen molar-refractivity contribution in [3.05, 3.63) is 12.0 Å². The average molecular weight is 255 g/mol. The minimum atomic E-state index is -0.262. The van der Waals surface area contributed by atoms with Crippen molar-refractivity contribution in [2.45, 2.75) is 12.8 Å². The first kappa shape index (κ1) is 12.7. The molecule has 2 aliphatic rings. The molecule has 2 rings (SSSR count). The molecule has 1 amide bonds. The van der Waals surface area contributed by atoms with Gasteiger partial charge < -0.3 is 19.1 Å². The standard InChI is InChI=1S/C12H17NO5/c1-16-12(15)9-3-2-4-13(7-9)11(14)10-8-17-5-6-18-10/h8-9H,2-7H2,1H3. The highest BCUT2D eigenvalue weighted by molar-refractivity contribution is 5.91. The number of carbonyl (C=O) groups excluding carboxylic acids is 2. The summed E-state index contributed by atoms with van der Waals surface area (Å²) in [5, 5.41) is 0. The predicted octanol–water partition coefficient (Wildman–Crippen LogP) is 0.286.